The Morgan fingerprint density at radius 1 is 1.31 bits per heavy atom. The van der Waals surface area contributed by atoms with Crippen molar-refractivity contribution in [1.82, 2.24) is 15.5 Å². The Kier molecular flexibility index (Phi) is 7.28. The van der Waals surface area contributed by atoms with Crippen LogP contribution in [0.15, 0.2) is 0 Å². The third-order valence-electron chi connectivity index (χ3n) is 2.04. The molecule has 0 heterocycles. The van der Waals surface area contributed by atoms with Gasteiger partial charge < -0.3 is 20.6 Å². The van der Waals surface area contributed by atoms with Crippen molar-refractivity contribution in [3.63, 3.8) is 0 Å². The van der Waals surface area contributed by atoms with Crippen LogP contribution in [0.4, 0.5) is 4.79 Å². The lowest BCUT2D eigenvalue weighted by atomic mass is 10.3. The number of nitrogens with zero attached hydrogens (tertiary/aromatic N) is 1. The molecule has 0 fully saturated rings. The van der Waals surface area contributed by atoms with Gasteiger partial charge in [0.25, 0.3) is 0 Å². The number of rotatable bonds is 7. The van der Waals surface area contributed by atoms with Crippen molar-refractivity contribution in [3.8, 4) is 0 Å². The molecule has 94 valence electrons. The molecule has 16 heavy (non-hydrogen) atoms. The molecule has 0 saturated heterocycles. The molecule has 6 heteroatoms. The summed E-state index contributed by atoms with van der Waals surface area (Å²) in [5.74, 6) is -1.04. The monoisotopic (exact) mass is 231 g/mol. The zero-order valence-corrected chi connectivity index (χ0v) is 10.1. The molecule has 0 saturated carbocycles. The van der Waals surface area contributed by atoms with E-state index < -0.39 is 18.0 Å². The van der Waals surface area contributed by atoms with Crippen LogP contribution in [0.1, 0.15) is 19.8 Å². The number of hydrogen-bond donors (Lipinski definition) is 3. The number of nitrogens with one attached hydrogen (secondary N) is 2. The summed E-state index contributed by atoms with van der Waals surface area (Å²) >= 11 is 0. The summed E-state index contributed by atoms with van der Waals surface area (Å²) in [6.45, 7) is 2.97. The second kappa shape index (κ2) is 7.92. The molecule has 0 bridgehead atoms. The van der Waals surface area contributed by atoms with Crippen molar-refractivity contribution in [2.45, 2.75) is 25.8 Å². The maximum atomic E-state index is 11.2. The molecule has 0 aromatic heterocycles. The van der Waals surface area contributed by atoms with Crippen molar-refractivity contribution in [3.05, 3.63) is 0 Å². The molecular weight excluding hydrogens is 210 g/mol. The average Bonchev–Trinajstić information content (AvgIpc) is 2.16. The second-order valence-electron chi connectivity index (χ2n) is 3.97. The van der Waals surface area contributed by atoms with Crippen LogP contribution in [0.3, 0.4) is 0 Å². The molecule has 0 aliphatic carbocycles. The van der Waals surface area contributed by atoms with Gasteiger partial charge in [-0.1, -0.05) is 0 Å². The normalized spacial score (nSPS) is 12.2. The highest BCUT2D eigenvalue weighted by Gasteiger charge is 2.12. The van der Waals surface area contributed by atoms with Gasteiger partial charge in [-0.25, -0.2) is 4.79 Å². The van der Waals surface area contributed by atoms with E-state index in [0.29, 0.717) is 6.54 Å². The summed E-state index contributed by atoms with van der Waals surface area (Å²) in [5, 5.41) is 13.5. The van der Waals surface area contributed by atoms with E-state index in [1.165, 1.54) is 6.92 Å². The van der Waals surface area contributed by atoms with Gasteiger partial charge in [-0.15, -0.1) is 0 Å². The van der Waals surface area contributed by atoms with Gasteiger partial charge in [0.05, 0.1) is 0 Å². The standard InChI is InChI=1S/C10H21N3O3/c1-8(9(14)15)12-10(16)11-6-4-5-7-13(2)3/h8H,4-7H2,1-3H3,(H,14,15)(H2,11,12,16). The predicted molar refractivity (Wildman–Crippen MR) is 61.4 cm³/mol. The highest BCUT2D eigenvalue weighted by atomic mass is 16.4. The summed E-state index contributed by atoms with van der Waals surface area (Å²) in [7, 11) is 3.99. The molecule has 0 aliphatic rings. The zero-order valence-electron chi connectivity index (χ0n) is 10.1. The highest BCUT2D eigenvalue weighted by Crippen LogP contribution is 1.89. The van der Waals surface area contributed by atoms with Crippen molar-refractivity contribution >= 4 is 12.0 Å². The first-order valence-electron chi connectivity index (χ1n) is 5.35. The number of urea groups is 1. The fraction of sp³-hybridized carbons (Fsp3) is 0.800. The number of amides is 2. The zero-order chi connectivity index (χ0) is 12.6. The Labute approximate surface area is 96.0 Å². The Balaban J connectivity index is 3.48. The van der Waals surface area contributed by atoms with Crippen molar-refractivity contribution in [1.29, 1.82) is 0 Å². The molecule has 0 spiro atoms. The number of carboxylic acid groups (broad SMARTS) is 1. The summed E-state index contributed by atoms with van der Waals surface area (Å²) in [6, 6.07) is -1.29. The van der Waals surface area contributed by atoms with Crippen LogP contribution >= 0.6 is 0 Å². The Bertz CT molecular complexity index is 231. The molecular formula is C10H21N3O3. The minimum atomic E-state index is -1.04. The molecule has 1 atom stereocenters. The van der Waals surface area contributed by atoms with E-state index >= 15 is 0 Å². The van der Waals surface area contributed by atoms with Gasteiger partial charge in [0.15, 0.2) is 0 Å². The smallest absolute Gasteiger partial charge is 0.325 e. The molecule has 0 aliphatic heterocycles. The maximum absolute atomic E-state index is 11.2. The topological polar surface area (TPSA) is 81.7 Å². The van der Waals surface area contributed by atoms with E-state index in [1.54, 1.807) is 0 Å². The fourth-order valence-electron chi connectivity index (χ4n) is 1.06. The van der Waals surface area contributed by atoms with Gasteiger partial charge >= 0.3 is 12.0 Å². The molecule has 1 unspecified atom stereocenters. The summed E-state index contributed by atoms with van der Waals surface area (Å²) in [4.78, 5) is 23.7. The SMILES string of the molecule is CC(NC(=O)NCCCCN(C)C)C(=O)O. The molecule has 2 amide bonds. The van der Waals surface area contributed by atoms with Gasteiger partial charge in [0, 0.05) is 6.54 Å². The first-order chi connectivity index (χ1) is 7.43. The summed E-state index contributed by atoms with van der Waals surface area (Å²) < 4.78 is 0. The van der Waals surface area contributed by atoms with Crippen molar-refractivity contribution < 1.29 is 14.7 Å². The largest absolute Gasteiger partial charge is 0.480 e. The Hall–Kier alpha value is -1.30. The summed E-state index contributed by atoms with van der Waals surface area (Å²) in [5.41, 5.74) is 0. The summed E-state index contributed by atoms with van der Waals surface area (Å²) in [6.07, 6.45) is 1.88. The Morgan fingerprint density at radius 2 is 1.94 bits per heavy atom. The van der Waals surface area contributed by atoms with Gasteiger partial charge in [-0.3, -0.25) is 4.79 Å². The number of unbranched alkanes of at least 4 members (excludes halogenated alkanes) is 1. The lowest BCUT2D eigenvalue weighted by Crippen LogP contribution is -2.44. The second-order valence-corrected chi connectivity index (χ2v) is 3.97. The van der Waals surface area contributed by atoms with Crippen LogP contribution in [0.5, 0.6) is 0 Å². The lowest BCUT2D eigenvalue weighted by Gasteiger charge is -2.11. The number of carbonyl (C=O) groups excluding carboxylic acids is 1. The van der Waals surface area contributed by atoms with Crippen LogP contribution in [0.25, 0.3) is 0 Å². The van der Waals surface area contributed by atoms with E-state index in [9.17, 15) is 9.59 Å². The third-order valence-corrected chi connectivity index (χ3v) is 2.04. The minimum Gasteiger partial charge on any atom is -0.480 e. The number of carboxylic acids is 1. The fourth-order valence-corrected chi connectivity index (χ4v) is 1.06. The first-order valence-corrected chi connectivity index (χ1v) is 5.35. The van der Waals surface area contributed by atoms with Gasteiger partial charge in [-0.05, 0) is 40.4 Å². The molecule has 0 radical (unpaired) electrons. The predicted octanol–water partition coefficient (Wildman–Crippen LogP) is 0.101. The van der Waals surface area contributed by atoms with Crippen LogP contribution < -0.4 is 10.6 Å². The first kappa shape index (κ1) is 14.7. The van der Waals surface area contributed by atoms with E-state index in [1.807, 2.05) is 14.1 Å². The van der Waals surface area contributed by atoms with Gasteiger partial charge in [0.1, 0.15) is 6.04 Å². The van der Waals surface area contributed by atoms with Crippen LogP contribution in [-0.2, 0) is 4.79 Å². The van der Waals surface area contributed by atoms with Gasteiger partial charge in [0.2, 0.25) is 0 Å². The highest BCUT2D eigenvalue weighted by molar-refractivity contribution is 5.82. The number of carbonyl (C=O) groups is 2. The average molecular weight is 231 g/mol. The van der Waals surface area contributed by atoms with E-state index in [2.05, 4.69) is 15.5 Å². The molecule has 0 aromatic carbocycles. The van der Waals surface area contributed by atoms with Crippen LogP contribution in [-0.4, -0.2) is 55.2 Å². The van der Waals surface area contributed by atoms with E-state index in [0.717, 1.165) is 19.4 Å². The van der Waals surface area contributed by atoms with Gasteiger partial charge in [-0.2, -0.15) is 0 Å². The van der Waals surface area contributed by atoms with Crippen molar-refractivity contribution in [2.24, 2.45) is 0 Å². The number of hydrogen-bond acceptors (Lipinski definition) is 3. The minimum absolute atomic E-state index is 0.431. The molecule has 3 N–H and O–H groups in total. The number of aliphatic carboxylic acids is 1. The quantitative estimate of drug-likeness (QED) is 0.543. The van der Waals surface area contributed by atoms with Crippen LogP contribution in [0, 0.1) is 0 Å². The van der Waals surface area contributed by atoms with E-state index in [-0.39, 0.29) is 0 Å². The van der Waals surface area contributed by atoms with E-state index in [4.69, 9.17) is 5.11 Å². The molecule has 6 nitrogen and oxygen atoms in total. The van der Waals surface area contributed by atoms with Crippen molar-refractivity contribution in [2.75, 3.05) is 27.2 Å². The molecule has 0 aromatic rings. The lowest BCUT2D eigenvalue weighted by molar-refractivity contribution is -0.138. The Morgan fingerprint density at radius 3 is 2.44 bits per heavy atom. The third kappa shape index (κ3) is 8.05. The maximum Gasteiger partial charge on any atom is 0.325 e. The van der Waals surface area contributed by atoms with Crippen LogP contribution in [0.2, 0.25) is 0 Å². The molecule has 0 rings (SSSR count).